The largest absolute Gasteiger partial charge is 2.00 e. The summed E-state index contributed by atoms with van der Waals surface area (Å²) >= 11 is 0. The predicted octanol–water partition coefficient (Wildman–Crippen LogP) is 8.04. The molecule has 17 heteroatoms. The molecule has 2 fully saturated rings. The van der Waals surface area contributed by atoms with E-state index in [0.717, 1.165) is 12.8 Å². The van der Waals surface area contributed by atoms with Crippen LogP contribution in [0.2, 0.25) is 0 Å². The fourth-order valence-corrected chi connectivity index (χ4v) is 16.8. The van der Waals surface area contributed by atoms with Gasteiger partial charge in [-0.25, -0.2) is 0 Å². The fourth-order valence-electron chi connectivity index (χ4n) is 8.00. The standard InChI is InChI=1S/2C17H22NOP.2BF4.Pd/c2*1-11-12(2)16-14(17(19)18(3)4)10-15(11)20(16)13-8-6-5-7-9-13;2*2-1(3,4)5;/h2*5-9,14-16H,10H2,1-4H3;;;/q;;2*-1;+2/p+2/t2*14-,15+,16+,20?;;;/m00.../s1. The summed E-state index contributed by atoms with van der Waals surface area (Å²) in [6.07, 6.45) is 2.13. The third-order valence-corrected chi connectivity index (χ3v) is 18.0. The van der Waals surface area contributed by atoms with Gasteiger partial charge in [-0.15, -0.1) is 0 Å². The number of carbonyl (C=O) groups excluding carboxylic acids is 2. The Hall–Kier alpha value is -2.05. The van der Waals surface area contributed by atoms with Crippen LogP contribution in [0.15, 0.2) is 83.0 Å². The number of rotatable bonds is 4. The molecule has 0 saturated carbocycles. The minimum atomic E-state index is -6.00. The Kier molecular flexibility index (Phi) is 16.2. The van der Waals surface area contributed by atoms with Gasteiger partial charge in [-0.1, -0.05) is 36.4 Å². The van der Waals surface area contributed by atoms with Crippen LogP contribution in [-0.2, 0) is 30.0 Å². The average Bonchev–Trinajstić information content (AvgIpc) is 3.73. The molecule has 0 spiro atoms. The molecule has 2 aromatic carbocycles. The number of halogens is 8. The maximum Gasteiger partial charge on any atom is 2.00 e. The summed E-state index contributed by atoms with van der Waals surface area (Å²) in [6, 6.07) is 21.8. The summed E-state index contributed by atoms with van der Waals surface area (Å²) in [5, 5.41) is 3.00. The van der Waals surface area contributed by atoms with E-state index in [9.17, 15) is 44.1 Å². The quantitative estimate of drug-likeness (QED) is 0.135. The number of hydrogen-bond donors (Lipinski definition) is 0. The van der Waals surface area contributed by atoms with E-state index in [1.165, 1.54) is 21.8 Å². The van der Waals surface area contributed by atoms with E-state index in [1.807, 2.05) is 28.2 Å². The first-order valence-corrected chi connectivity index (χ1v) is 19.7. The van der Waals surface area contributed by atoms with Gasteiger partial charge in [0.15, 0.2) is 0 Å². The second-order valence-corrected chi connectivity index (χ2v) is 19.2. The van der Waals surface area contributed by atoms with Crippen molar-refractivity contribution < 1.29 is 64.5 Å². The fraction of sp³-hybridized carbons (Fsp3) is 0.471. The van der Waals surface area contributed by atoms with Crippen LogP contribution < -0.4 is 10.6 Å². The van der Waals surface area contributed by atoms with Crippen molar-refractivity contribution in [2.75, 3.05) is 28.2 Å². The first-order chi connectivity index (χ1) is 23.0. The number of nitrogens with zero attached hydrogens (tertiary/aromatic N) is 2. The van der Waals surface area contributed by atoms with Crippen LogP contribution in [0.1, 0.15) is 40.5 Å². The zero-order valence-corrected chi connectivity index (χ0v) is 33.4. The van der Waals surface area contributed by atoms with Gasteiger partial charge in [-0.3, -0.25) is 9.59 Å². The number of benzene rings is 2. The van der Waals surface area contributed by atoms with Crippen molar-refractivity contribution in [1.82, 2.24) is 9.80 Å². The number of carbonyl (C=O) groups is 2. The molecule has 4 aliphatic heterocycles. The molecule has 0 aliphatic carbocycles. The Morgan fingerprint density at radius 1 is 0.549 bits per heavy atom. The van der Waals surface area contributed by atoms with Crippen LogP contribution in [0, 0.1) is 11.8 Å². The summed E-state index contributed by atoms with van der Waals surface area (Å²) in [5.74, 6) is 1.08. The van der Waals surface area contributed by atoms with E-state index in [1.54, 1.807) is 20.9 Å². The van der Waals surface area contributed by atoms with Gasteiger partial charge in [0.25, 0.3) is 0 Å². The molecule has 0 radical (unpaired) electrons. The van der Waals surface area contributed by atoms with Crippen LogP contribution in [0.5, 0.6) is 0 Å². The second-order valence-electron chi connectivity index (χ2n) is 13.6. The zero-order chi connectivity index (χ0) is 37.9. The van der Waals surface area contributed by atoms with Crippen molar-refractivity contribution in [2.45, 2.75) is 63.2 Å². The van der Waals surface area contributed by atoms with Crippen molar-refractivity contribution in [2.24, 2.45) is 11.8 Å². The Bertz CT molecular complexity index is 1440. The van der Waals surface area contributed by atoms with E-state index >= 15 is 0 Å². The molecule has 2 aromatic rings. The normalized spacial score (nSPS) is 27.3. The molecular formula is C34H46B2F8N2O2P2Pd+2. The SMILES string of the molecule is CC1=C(C)[C@@H]2[C@@H](C(=O)N(C)C)C[C@H]1[PH+]2c1ccccc1.CC1=C(C)[C@@H]2[C@@H](C(=O)N(C)C)C[C@H]1[PH+]2c1ccccc1.F[B-](F)(F)F.F[B-](F)(F)F.[Pd+2]. The van der Waals surface area contributed by atoms with Gasteiger partial charge < -0.3 is 44.3 Å². The van der Waals surface area contributed by atoms with E-state index in [-0.39, 0.29) is 32.3 Å². The van der Waals surface area contributed by atoms with Crippen LogP contribution in [-0.4, -0.2) is 86.9 Å². The average molecular weight is 857 g/mol. The smallest absolute Gasteiger partial charge is 0.418 e. The number of fused-ring (bicyclic) bond motifs is 4. The molecule has 4 heterocycles. The van der Waals surface area contributed by atoms with E-state index in [4.69, 9.17) is 0 Å². The second kappa shape index (κ2) is 18.3. The number of hydrogen-bond acceptors (Lipinski definition) is 2. The van der Waals surface area contributed by atoms with Crippen molar-refractivity contribution >= 4 is 52.8 Å². The van der Waals surface area contributed by atoms with Gasteiger partial charge in [0, 0.05) is 56.9 Å². The van der Waals surface area contributed by atoms with Crippen molar-refractivity contribution in [1.29, 1.82) is 0 Å². The first kappa shape index (κ1) is 45.1. The van der Waals surface area contributed by atoms with Gasteiger partial charge >= 0.3 is 34.9 Å². The van der Waals surface area contributed by atoms with Crippen LogP contribution in [0.4, 0.5) is 34.5 Å². The molecule has 2 saturated heterocycles. The first-order valence-electron chi connectivity index (χ1n) is 16.4. The summed E-state index contributed by atoms with van der Waals surface area (Å²) in [7, 11) is -5.82. The van der Waals surface area contributed by atoms with Crippen molar-refractivity contribution in [3.8, 4) is 0 Å². The molecule has 284 valence electrons. The van der Waals surface area contributed by atoms with E-state index in [2.05, 4.69) is 88.4 Å². The van der Waals surface area contributed by atoms with Gasteiger partial charge in [0.1, 0.15) is 11.3 Å². The van der Waals surface area contributed by atoms with Gasteiger partial charge in [-0.05, 0) is 74.3 Å². The molecule has 51 heavy (non-hydrogen) atoms. The molecule has 4 nitrogen and oxygen atoms in total. The van der Waals surface area contributed by atoms with E-state index < -0.39 is 30.4 Å². The Balaban J connectivity index is 0.000000276. The minimum Gasteiger partial charge on any atom is -0.418 e. The van der Waals surface area contributed by atoms with Crippen molar-refractivity contribution in [3.05, 3.63) is 83.0 Å². The van der Waals surface area contributed by atoms with Gasteiger partial charge in [-0.2, -0.15) is 0 Å². The topological polar surface area (TPSA) is 40.6 Å². The molecule has 2 amide bonds. The van der Waals surface area contributed by atoms with Crippen LogP contribution >= 0.6 is 15.8 Å². The van der Waals surface area contributed by atoms with E-state index in [0.29, 0.717) is 34.5 Å². The number of allylic oxidation sites excluding steroid dienone is 4. The van der Waals surface area contributed by atoms with Gasteiger partial charge in [0.05, 0.1) is 33.8 Å². The summed E-state index contributed by atoms with van der Waals surface area (Å²) in [6.45, 7) is 9.07. The summed E-state index contributed by atoms with van der Waals surface area (Å²) in [5.41, 5.74) is 8.44. The molecule has 6 rings (SSSR count). The molecule has 4 aliphatic rings. The third kappa shape index (κ3) is 11.5. The van der Waals surface area contributed by atoms with Gasteiger partial charge in [0.2, 0.25) is 11.8 Å². The number of amides is 2. The maximum absolute atomic E-state index is 12.5. The van der Waals surface area contributed by atoms with Crippen LogP contribution in [0.25, 0.3) is 0 Å². The van der Waals surface area contributed by atoms with Crippen molar-refractivity contribution in [3.63, 3.8) is 0 Å². The molecule has 0 aromatic heterocycles. The minimum absolute atomic E-state index is 0. The molecule has 8 atom stereocenters. The third-order valence-electron chi connectivity index (χ3n) is 10.2. The Morgan fingerprint density at radius 3 is 1.04 bits per heavy atom. The molecular weight excluding hydrogens is 810 g/mol. The summed E-state index contributed by atoms with van der Waals surface area (Å²) < 4.78 is 78.0. The predicted molar refractivity (Wildman–Crippen MR) is 195 cm³/mol. The zero-order valence-electron chi connectivity index (χ0n) is 29.9. The monoisotopic (exact) mass is 856 g/mol. The maximum atomic E-state index is 12.5. The molecule has 4 bridgehead atoms. The summed E-state index contributed by atoms with van der Waals surface area (Å²) in [4.78, 5) is 28.5. The Morgan fingerprint density at radius 2 is 0.804 bits per heavy atom. The molecule has 0 N–H and O–H groups in total. The Labute approximate surface area is 312 Å². The van der Waals surface area contributed by atoms with Crippen LogP contribution in [0.3, 0.4) is 0 Å². The molecule has 2 unspecified atom stereocenters.